The Morgan fingerprint density at radius 2 is 2.19 bits per heavy atom. The molecule has 1 heterocycles. The van der Waals surface area contributed by atoms with Crippen molar-refractivity contribution < 1.29 is 9.47 Å². The van der Waals surface area contributed by atoms with Gasteiger partial charge >= 0.3 is 0 Å². The number of nitriles is 1. The molecular weight excluding hydrogens is 364 g/mol. The van der Waals surface area contributed by atoms with E-state index in [4.69, 9.17) is 15.9 Å². The quantitative estimate of drug-likeness (QED) is 0.344. The van der Waals surface area contributed by atoms with Gasteiger partial charge in [-0.1, -0.05) is 18.1 Å². The fourth-order valence-corrected chi connectivity index (χ4v) is 4.20. The Balaban J connectivity index is 1.92. The Hall–Kier alpha value is -2.93. The Bertz CT molecular complexity index is 1010. The molecule has 0 amide bonds. The first-order valence-corrected chi connectivity index (χ1v) is 9.26. The molecule has 0 bridgehead atoms. The Labute approximate surface area is 160 Å². The molecule has 4 nitrogen and oxygen atoms in total. The number of thiazole rings is 1. The van der Waals surface area contributed by atoms with E-state index in [1.165, 1.54) is 11.8 Å². The smallest absolute Gasteiger partial charge is 0.156 e. The van der Waals surface area contributed by atoms with Crippen molar-refractivity contribution >= 4 is 39.4 Å². The van der Waals surface area contributed by atoms with Crippen LogP contribution in [-0.4, -0.2) is 18.7 Å². The number of aromatic nitrogens is 1. The fourth-order valence-electron chi connectivity index (χ4n) is 2.23. The van der Waals surface area contributed by atoms with Crippen LogP contribution < -0.4 is 9.47 Å². The molecule has 0 saturated carbocycles. The number of para-hydroxylation sites is 1. The van der Waals surface area contributed by atoms with Crippen molar-refractivity contribution in [2.45, 2.75) is 4.34 Å². The third-order valence-corrected chi connectivity index (χ3v) is 5.42. The second-order valence-corrected chi connectivity index (χ2v) is 7.39. The van der Waals surface area contributed by atoms with Crippen LogP contribution in [0.25, 0.3) is 16.3 Å². The summed E-state index contributed by atoms with van der Waals surface area (Å²) in [6.45, 7) is 0.153. The van der Waals surface area contributed by atoms with Crippen LogP contribution in [0.5, 0.6) is 11.5 Å². The normalized spacial score (nSPS) is 11.0. The highest BCUT2D eigenvalue weighted by atomic mass is 32.2. The number of nitrogens with zero attached hydrogens (tertiary/aromatic N) is 2. The second-order valence-electron chi connectivity index (χ2n) is 5.07. The number of ether oxygens (including phenoxy) is 2. The van der Waals surface area contributed by atoms with E-state index in [1.807, 2.05) is 30.3 Å². The number of rotatable bonds is 6. The highest BCUT2D eigenvalue weighted by Crippen LogP contribution is 2.36. The molecule has 2 aromatic carbocycles. The topological polar surface area (TPSA) is 55.1 Å². The minimum atomic E-state index is 0.153. The summed E-state index contributed by atoms with van der Waals surface area (Å²) in [5, 5.41) is 9.55. The number of fused-ring (bicyclic) bond motifs is 1. The average molecular weight is 378 g/mol. The van der Waals surface area contributed by atoms with Crippen molar-refractivity contribution in [2.75, 3.05) is 13.7 Å². The number of allylic oxidation sites excluding steroid dienone is 1. The zero-order valence-electron chi connectivity index (χ0n) is 13.9. The summed E-state index contributed by atoms with van der Waals surface area (Å²) in [6.07, 6.45) is 7.03. The van der Waals surface area contributed by atoms with Gasteiger partial charge in [-0.15, -0.1) is 17.8 Å². The summed E-state index contributed by atoms with van der Waals surface area (Å²) in [5.41, 5.74) is 1.65. The van der Waals surface area contributed by atoms with E-state index < -0.39 is 0 Å². The largest absolute Gasteiger partial charge is 0.497 e. The molecule has 0 saturated heterocycles. The Kier molecular flexibility index (Phi) is 5.80. The van der Waals surface area contributed by atoms with Crippen molar-refractivity contribution in [3.63, 3.8) is 0 Å². The fraction of sp³-hybridized carbons (Fsp3) is 0.100. The number of benzene rings is 2. The van der Waals surface area contributed by atoms with Gasteiger partial charge in [-0.2, -0.15) is 5.26 Å². The summed E-state index contributed by atoms with van der Waals surface area (Å²) >= 11 is 2.88. The van der Waals surface area contributed by atoms with Crippen LogP contribution in [-0.2, 0) is 0 Å². The van der Waals surface area contributed by atoms with Gasteiger partial charge in [0, 0.05) is 5.56 Å². The van der Waals surface area contributed by atoms with Crippen molar-refractivity contribution in [1.29, 1.82) is 5.26 Å². The van der Waals surface area contributed by atoms with Gasteiger partial charge in [-0.3, -0.25) is 0 Å². The first kappa shape index (κ1) is 17.9. The maximum Gasteiger partial charge on any atom is 0.156 e. The second kappa shape index (κ2) is 8.44. The Morgan fingerprint density at radius 3 is 2.92 bits per heavy atom. The lowest BCUT2D eigenvalue weighted by Crippen LogP contribution is -1.96. The lowest BCUT2D eigenvalue weighted by molar-refractivity contribution is 0.367. The lowest BCUT2D eigenvalue weighted by Gasteiger charge is -2.09. The maximum absolute atomic E-state index is 9.55. The van der Waals surface area contributed by atoms with Crippen molar-refractivity contribution in [3.05, 3.63) is 52.9 Å². The van der Waals surface area contributed by atoms with Gasteiger partial charge in [0.1, 0.15) is 24.2 Å². The predicted octanol–water partition coefficient (Wildman–Crippen LogP) is 4.97. The van der Waals surface area contributed by atoms with Gasteiger partial charge in [-0.25, -0.2) is 4.98 Å². The molecule has 1 aromatic heterocycles. The number of hydrogen-bond acceptors (Lipinski definition) is 6. The minimum Gasteiger partial charge on any atom is -0.497 e. The van der Waals surface area contributed by atoms with E-state index in [-0.39, 0.29) is 6.61 Å². The zero-order chi connectivity index (χ0) is 18.4. The predicted molar refractivity (Wildman–Crippen MR) is 106 cm³/mol. The van der Waals surface area contributed by atoms with Crippen LogP contribution in [0.15, 0.2) is 51.7 Å². The minimum absolute atomic E-state index is 0.153. The molecule has 0 spiro atoms. The van der Waals surface area contributed by atoms with Crippen molar-refractivity contribution in [2.24, 2.45) is 0 Å². The average Bonchev–Trinajstić information content (AvgIpc) is 3.08. The van der Waals surface area contributed by atoms with Crippen molar-refractivity contribution in [3.8, 4) is 29.9 Å². The summed E-state index contributed by atoms with van der Waals surface area (Å²) in [4.78, 5) is 5.06. The molecule has 0 unspecified atom stereocenters. The molecule has 3 rings (SSSR count). The standard InChI is InChI=1S/C20H14N2O2S2/c1-3-10-24-18-9-8-15(23-2)11-14(18)12-16(13-21)25-20-22-17-6-4-5-7-19(17)26-20/h1,4-9,11-12H,10H2,2H3/b16-12+. The van der Waals surface area contributed by atoms with Crippen LogP contribution in [0, 0.1) is 23.7 Å². The number of hydrogen-bond donors (Lipinski definition) is 0. The molecular formula is C20H14N2O2S2. The van der Waals surface area contributed by atoms with Crippen LogP contribution in [0.2, 0.25) is 0 Å². The zero-order valence-corrected chi connectivity index (χ0v) is 15.6. The lowest BCUT2D eigenvalue weighted by atomic mass is 10.1. The number of methoxy groups -OCH3 is 1. The van der Waals surface area contributed by atoms with Gasteiger partial charge in [0.05, 0.1) is 22.2 Å². The van der Waals surface area contributed by atoms with Crippen LogP contribution in [0.4, 0.5) is 0 Å². The molecule has 6 heteroatoms. The molecule has 26 heavy (non-hydrogen) atoms. The molecule has 0 atom stereocenters. The molecule has 0 fully saturated rings. The summed E-state index contributed by atoms with van der Waals surface area (Å²) < 4.78 is 12.7. The summed E-state index contributed by atoms with van der Waals surface area (Å²) in [5.74, 6) is 3.71. The Morgan fingerprint density at radius 1 is 1.35 bits per heavy atom. The van der Waals surface area contributed by atoms with E-state index in [9.17, 15) is 5.26 Å². The van der Waals surface area contributed by atoms with Crippen LogP contribution in [0.1, 0.15) is 5.56 Å². The van der Waals surface area contributed by atoms with Crippen LogP contribution >= 0.6 is 23.1 Å². The third-order valence-electron chi connectivity index (χ3n) is 3.40. The monoisotopic (exact) mass is 378 g/mol. The molecule has 0 aliphatic rings. The van der Waals surface area contributed by atoms with E-state index >= 15 is 0 Å². The van der Waals surface area contributed by atoms with Gasteiger partial charge < -0.3 is 9.47 Å². The van der Waals surface area contributed by atoms with Gasteiger partial charge in [0.25, 0.3) is 0 Å². The van der Waals surface area contributed by atoms with Crippen LogP contribution in [0.3, 0.4) is 0 Å². The van der Waals surface area contributed by atoms with Gasteiger partial charge in [0.2, 0.25) is 0 Å². The maximum atomic E-state index is 9.55. The van der Waals surface area contributed by atoms with E-state index in [0.29, 0.717) is 16.4 Å². The van der Waals surface area contributed by atoms with Crippen molar-refractivity contribution in [1.82, 2.24) is 4.98 Å². The van der Waals surface area contributed by atoms with Gasteiger partial charge in [-0.05, 0) is 48.2 Å². The summed E-state index contributed by atoms with van der Waals surface area (Å²) in [6, 6.07) is 15.5. The molecule has 128 valence electrons. The number of thioether (sulfide) groups is 1. The highest BCUT2D eigenvalue weighted by molar-refractivity contribution is 8.05. The SMILES string of the molecule is C#CCOc1ccc(OC)cc1/C=C(\C#N)Sc1nc2ccccc2s1. The van der Waals surface area contributed by atoms with Gasteiger partial charge in [0.15, 0.2) is 4.34 Å². The highest BCUT2D eigenvalue weighted by Gasteiger charge is 2.10. The third kappa shape index (κ3) is 4.18. The molecule has 0 aliphatic carbocycles. The van der Waals surface area contributed by atoms with E-state index in [0.717, 1.165) is 20.1 Å². The molecule has 0 N–H and O–H groups in total. The summed E-state index contributed by atoms with van der Waals surface area (Å²) in [7, 11) is 1.59. The van der Waals surface area contributed by atoms with E-state index in [1.54, 1.807) is 36.7 Å². The molecule has 0 aliphatic heterocycles. The first-order chi connectivity index (χ1) is 12.7. The first-order valence-electron chi connectivity index (χ1n) is 7.63. The molecule has 3 aromatic rings. The molecule has 0 radical (unpaired) electrons. The van der Waals surface area contributed by atoms with E-state index in [2.05, 4.69) is 17.0 Å². The number of terminal acetylenes is 1.